The van der Waals surface area contributed by atoms with Crippen molar-refractivity contribution in [2.75, 3.05) is 7.11 Å². The molecule has 0 aromatic heterocycles. The van der Waals surface area contributed by atoms with Crippen molar-refractivity contribution < 1.29 is 18.7 Å². The SMILES string of the molecule is COC(=O)CCCCC(=O)c1cccc(F)c1C. The Morgan fingerprint density at radius 2 is 1.89 bits per heavy atom. The van der Waals surface area contributed by atoms with Gasteiger partial charge >= 0.3 is 5.97 Å². The third-order valence-corrected chi connectivity index (χ3v) is 2.83. The molecule has 0 unspecified atom stereocenters. The Kier molecular flexibility index (Phi) is 5.49. The number of benzene rings is 1. The summed E-state index contributed by atoms with van der Waals surface area (Å²) in [7, 11) is 1.34. The van der Waals surface area contributed by atoms with Gasteiger partial charge in [0.05, 0.1) is 7.11 Å². The molecule has 0 saturated carbocycles. The molecule has 3 nitrogen and oxygen atoms in total. The maximum atomic E-state index is 13.3. The number of hydrogen-bond acceptors (Lipinski definition) is 3. The molecule has 0 aliphatic carbocycles. The molecule has 18 heavy (non-hydrogen) atoms. The number of rotatable bonds is 6. The molecule has 0 aliphatic rings. The van der Waals surface area contributed by atoms with E-state index in [9.17, 15) is 14.0 Å². The molecule has 1 rings (SSSR count). The van der Waals surface area contributed by atoms with Gasteiger partial charge in [-0.3, -0.25) is 9.59 Å². The van der Waals surface area contributed by atoms with Crippen molar-refractivity contribution in [2.24, 2.45) is 0 Å². The maximum Gasteiger partial charge on any atom is 0.305 e. The summed E-state index contributed by atoms with van der Waals surface area (Å²) in [4.78, 5) is 22.7. The lowest BCUT2D eigenvalue weighted by Gasteiger charge is -2.05. The topological polar surface area (TPSA) is 43.4 Å². The predicted octanol–water partition coefficient (Wildman–Crippen LogP) is 3.05. The Labute approximate surface area is 106 Å². The highest BCUT2D eigenvalue weighted by Gasteiger charge is 2.11. The minimum absolute atomic E-state index is 0.0862. The smallest absolute Gasteiger partial charge is 0.305 e. The van der Waals surface area contributed by atoms with Gasteiger partial charge in [0.15, 0.2) is 5.78 Å². The number of ether oxygens (including phenoxy) is 1. The second-order valence-electron chi connectivity index (χ2n) is 4.12. The number of halogens is 1. The van der Waals surface area contributed by atoms with Crippen molar-refractivity contribution in [3.8, 4) is 0 Å². The van der Waals surface area contributed by atoms with Crippen molar-refractivity contribution in [1.82, 2.24) is 0 Å². The fourth-order valence-corrected chi connectivity index (χ4v) is 1.70. The van der Waals surface area contributed by atoms with Crippen LogP contribution < -0.4 is 0 Å². The molecule has 0 saturated heterocycles. The lowest BCUT2D eigenvalue weighted by molar-refractivity contribution is -0.140. The normalized spacial score (nSPS) is 10.2. The fourth-order valence-electron chi connectivity index (χ4n) is 1.70. The summed E-state index contributed by atoms with van der Waals surface area (Å²) < 4.78 is 17.8. The van der Waals surface area contributed by atoms with Crippen molar-refractivity contribution in [3.05, 3.63) is 35.1 Å². The molecular formula is C14H17FO3. The van der Waals surface area contributed by atoms with Gasteiger partial charge in [-0.25, -0.2) is 4.39 Å². The van der Waals surface area contributed by atoms with Crippen LogP contribution in [0.2, 0.25) is 0 Å². The molecular weight excluding hydrogens is 235 g/mol. The van der Waals surface area contributed by atoms with Crippen LogP contribution in [0.25, 0.3) is 0 Å². The highest BCUT2D eigenvalue weighted by atomic mass is 19.1. The van der Waals surface area contributed by atoms with Crippen LogP contribution in [-0.2, 0) is 9.53 Å². The Bertz CT molecular complexity index is 441. The lowest BCUT2D eigenvalue weighted by Crippen LogP contribution is -2.04. The van der Waals surface area contributed by atoms with E-state index in [1.54, 1.807) is 13.0 Å². The largest absolute Gasteiger partial charge is 0.469 e. The summed E-state index contributed by atoms with van der Waals surface area (Å²) in [5.74, 6) is -0.725. The van der Waals surface area contributed by atoms with Gasteiger partial charge in [0.2, 0.25) is 0 Å². The highest BCUT2D eigenvalue weighted by molar-refractivity contribution is 5.97. The van der Waals surface area contributed by atoms with E-state index in [1.807, 2.05) is 0 Å². The molecule has 0 aliphatic heterocycles. The third kappa shape index (κ3) is 3.95. The predicted molar refractivity (Wildman–Crippen MR) is 66.0 cm³/mol. The lowest BCUT2D eigenvalue weighted by atomic mass is 10.00. The zero-order valence-electron chi connectivity index (χ0n) is 10.7. The third-order valence-electron chi connectivity index (χ3n) is 2.83. The van der Waals surface area contributed by atoms with Crippen molar-refractivity contribution in [3.63, 3.8) is 0 Å². The van der Waals surface area contributed by atoms with E-state index < -0.39 is 0 Å². The molecule has 0 radical (unpaired) electrons. The monoisotopic (exact) mass is 252 g/mol. The van der Waals surface area contributed by atoms with Crippen molar-refractivity contribution in [2.45, 2.75) is 32.6 Å². The van der Waals surface area contributed by atoms with Gasteiger partial charge in [-0.05, 0) is 31.4 Å². The average Bonchev–Trinajstić information content (AvgIpc) is 2.37. The standard InChI is InChI=1S/C14H17FO3/c1-10-11(6-5-7-12(10)15)13(16)8-3-4-9-14(17)18-2/h5-7H,3-4,8-9H2,1-2H3. The number of carbonyl (C=O) groups is 2. The molecule has 1 aromatic carbocycles. The highest BCUT2D eigenvalue weighted by Crippen LogP contribution is 2.15. The van der Waals surface area contributed by atoms with E-state index in [2.05, 4.69) is 4.74 Å². The van der Waals surface area contributed by atoms with Gasteiger partial charge in [0, 0.05) is 18.4 Å². The van der Waals surface area contributed by atoms with Crippen LogP contribution in [0.4, 0.5) is 4.39 Å². The van der Waals surface area contributed by atoms with E-state index >= 15 is 0 Å². The van der Waals surface area contributed by atoms with Crippen LogP contribution in [0.15, 0.2) is 18.2 Å². The van der Waals surface area contributed by atoms with Crippen LogP contribution in [0.3, 0.4) is 0 Å². The summed E-state index contributed by atoms with van der Waals surface area (Å²) in [6, 6.07) is 4.49. The summed E-state index contributed by atoms with van der Waals surface area (Å²) >= 11 is 0. The molecule has 0 amide bonds. The van der Waals surface area contributed by atoms with Crippen LogP contribution >= 0.6 is 0 Å². The molecule has 4 heteroatoms. The van der Waals surface area contributed by atoms with Crippen molar-refractivity contribution >= 4 is 11.8 Å². The van der Waals surface area contributed by atoms with E-state index in [4.69, 9.17) is 0 Å². The Morgan fingerprint density at radius 3 is 2.56 bits per heavy atom. The second-order valence-corrected chi connectivity index (χ2v) is 4.12. The van der Waals surface area contributed by atoms with E-state index in [0.29, 0.717) is 36.8 Å². The van der Waals surface area contributed by atoms with Gasteiger partial charge in [-0.15, -0.1) is 0 Å². The number of esters is 1. The Hall–Kier alpha value is -1.71. The minimum Gasteiger partial charge on any atom is -0.469 e. The quantitative estimate of drug-likeness (QED) is 0.444. The summed E-state index contributed by atoms with van der Waals surface area (Å²) in [6.07, 6.45) is 1.84. The number of carbonyl (C=O) groups excluding carboxylic acids is 2. The summed E-state index contributed by atoms with van der Waals surface area (Å²) in [5, 5.41) is 0. The zero-order chi connectivity index (χ0) is 13.5. The zero-order valence-corrected chi connectivity index (χ0v) is 10.7. The van der Waals surface area contributed by atoms with E-state index in [0.717, 1.165) is 0 Å². The minimum atomic E-state index is -0.365. The van der Waals surface area contributed by atoms with Crippen LogP contribution in [0.5, 0.6) is 0 Å². The second kappa shape index (κ2) is 6.89. The molecule has 0 bridgehead atoms. The number of hydrogen-bond donors (Lipinski definition) is 0. The molecule has 1 aromatic rings. The average molecular weight is 252 g/mol. The molecule has 0 atom stereocenters. The molecule has 0 N–H and O–H groups in total. The van der Waals surface area contributed by atoms with Gasteiger partial charge in [-0.1, -0.05) is 12.1 Å². The van der Waals surface area contributed by atoms with Gasteiger partial charge in [-0.2, -0.15) is 0 Å². The number of methoxy groups -OCH3 is 1. The van der Waals surface area contributed by atoms with Crippen LogP contribution in [0.1, 0.15) is 41.6 Å². The number of ketones is 1. The fraction of sp³-hybridized carbons (Fsp3) is 0.429. The van der Waals surface area contributed by atoms with E-state index in [1.165, 1.54) is 19.2 Å². The van der Waals surface area contributed by atoms with Crippen LogP contribution in [0, 0.1) is 12.7 Å². The summed E-state index contributed by atoms with van der Waals surface area (Å²) in [5.41, 5.74) is 0.809. The number of unbranched alkanes of at least 4 members (excludes halogenated alkanes) is 1. The first-order valence-corrected chi connectivity index (χ1v) is 5.91. The first-order chi connectivity index (χ1) is 8.56. The molecule has 0 spiro atoms. The van der Waals surface area contributed by atoms with Gasteiger partial charge < -0.3 is 4.74 Å². The molecule has 98 valence electrons. The maximum absolute atomic E-state index is 13.3. The van der Waals surface area contributed by atoms with E-state index in [-0.39, 0.29) is 17.6 Å². The van der Waals surface area contributed by atoms with Crippen molar-refractivity contribution in [1.29, 1.82) is 0 Å². The first-order valence-electron chi connectivity index (χ1n) is 5.91. The Balaban J connectivity index is 2.46. The first kappa shape index (κ1) is 14.4. The molecule has 0 heterocycles. The van der Waals surface area contributed by atoms with Gasteiger partial charge in [0.1, 0.15) is 5.82 Å². The van der Waals surface area contributed by atoms with Gasteiger partial charge in [0.25, 0.3) is 0 Å². The Morgan fingerprint density at radius 1 is 1.22 bits per heavy atom. The van der Waals surface area contributed by atoms with Crippen LogP contribution in [-0.4, -0.2) is 18.9 Å². The molecule has 0 fully saturated rings. The summed E-state index contributed by atoms with van der Waals surface area (Å²) in [6.45, 7) is 1.59. The number of Topliss-reactive ketones (excluding diaryl/α,β-unsaturated/α-hetero) is 1.